The van der Waals surface area contributed by atoms with Crippen LogP contribution in [-0.4, -0.2) is 43.4 Å². The molecule has 0 bridgehead atoms. The fourth-order valence-corrected chi connectivity index (χ4v) is 1.82. The highest BCUT2D eigenvalue weighted by Crippen LogP contribution is 2.20. The van der Waals surface area contributed by atoms with Crippen molar-refractivity contribution >= 4 is 11.6 Å². The van der Waals surface area contributed by atoms with Gasteiger partial charge >= 0.3 is 0 Å². The van der Waals surface area contributed by atoms with Crippen LogP contribution in [0.25, 0.3) is 0 Å². The second-order valence-electron chi connectivity index (χ2n) is 4.02. The van der Waals surface area contributed by atoms with Gasteiger partial charge in [-0.15, -0.1) is 0 Å². The largest absolute Gasteiger partial charge is 0.389 e. The zero-order chi connectivity index (χ0) is 12.8. The predicted octanol–water partition coefficient (Wildman–Crippen LogP) is 1.92. The molecule has 96 valence electrons. The molecule has 1 aromatic carbocycles. The van der Waals surface area contributed by atoms with E-state index < -0.39 is 11.9 Å². The topological polar surface area (TPSA) is 32.7 Å². The lowest BCUT2D eigenvalue weighted by atomic mass is 10.2. The van der Waals surface area contributed by atoms with E-state index in [-0.39, 0.29) is 11.6 Å². The van der Waals surface area contributed by atoms with Crippen molar-refractivity contribution in [2.45, 2.75) is 12.6 Å². The van der Waals surface area contributed by atoms with E-state index in [1.165, 1.54) is 13.2 Å². The molecule has 1 atom stereocenters. The SMILES string of the molecule is COCC(O)CN(C)Cc1cccc(F)c1Cl. The summed E-state index contributed by atoms with van der Waals surface area (Å²) in [5.41, 5.74) is 0.707. The fraction of sp³-hybridized carbons (Fsp3) is 0.500. The zero-order valence-corrected chi connectivity index (χ0v) is 10.7. The minimum Gasteiger partial charge on any atom is -0.389 e. The summed E-state index contributed by atoms with van der Waals surface area (Å²) in [5.74, 6) is -0.421. The second kappa shape index (κ2) is 6.91. The van der Waals surface area contributed by atoms with Crippen LogP contribution in [0, 0.1) is 5.82 Å². The third-order valence-corrected chi connectivity index (χ3v) is 2.78. The lowest BCUT2D eigenvalue weighted by molar-refractivity contribution is 0.0419. The molecule has 0 radical (unpaired) electrons. The van der Waals surface area contributed by atoms with Crippen LogP contribution in [0.5, 0.6) is 0 Å². The highest BCUT2D eigenvalue weighted by Gasteiger charge is 2.11. The van der Waals surface area contributed by atoms with Crippen LogP contribution < -0.4 is 0 Å². The predicted molar refractivity (Wildman–Crippen MR) is 65.6 cm³/mol. The summed E-state index contributed by atoms with van der Waals surface area (Å²) in [4.78, 5) is 1.87. The molecule has 1 rings (SSSR count). The minimum absolute atomic E-state index is 0.139. The first-order valence-electron chi connectivity index (χ1n) is 5.33. The standard InChI is InChI=1S/C12H17ClFNO2/c1-15(7-10(16)8-17-2)6-9-4-3-5-11(14)12(9)13/h3-5,10,16H,6-8H2,1-2H3. The quantitative estimate of drug-likeness (QED) is 0.849. The number of benzene rings is 1. The number of aliphatic hydroxyl groups is 1. The zero-order valence-electron chi connectivity index (χ0n) is 9.99. The number of nitrogens with zero attached hydrogens (tertiary/aromatic N) is 1. The summed E-state index contributed by atoms with van der Waals surface area (Å²) in [6, 6.07) is 4.71. The van der Waals surface area contributed by atoms with E-state index in [1.54, 1.807) is 12.1 Å². The number of likely N-dealkylation sites (N-methyl/N-ethyl adjacent to an activating group) is 1. The summed E-state index contributed by atoms with van der Waals surface area (Å²) in [5, 5.41) is 9.69. The highest BCUT2D eigenvalue weighted by molar-refractivity contribution is 6.31. The minimum atomic E-state index is -0.558. The van der Waals surface area contributed by atoms with Gasteiger partial charge in [-0.25, -0.2) is 4.39 Å². The van der Waals surface area contributed by atoms with Crippen LogP contribution >= 0.6 is 11.6 Å². The number of ether oxygens (including phenoxy) is 1. The van der Waals surface area contributed by atoms with Gasteiger partial charge in [0.25, 0.3) is 0 Å². The molecule has 0 spiro atoms. The summed E-state index contributed by atoms with van der Waals surface area (Å²) >= 11 is 5.85. The lowest BCUT2D eigenvalue weighted by Crippen LogP contribution is -2.31. The third kappa shape index (κ3) is 4.60. The third-order valence-electron chi connectivity index (χ3n) is 2.35. The maximum absolute atomic E-state index is 13.2. The molecule has 0 saturated heterocycles. The van der Waals surface area contributed by atoms with Gasteiger partial charge in [0.05, 0.1) is 17.7 Å². The average Bonchev–Trinajstić information content (AvgIpc) is 2.25. The first-order chi connectivity index (χ1) is 8.04. The molecule has 0 aliphatic carbocycles. The van der Waals surface area contributed by atoms with E-state index in [9.17, 15) is 9.50 Å². The van der Waals surface area contributed by atoms with Crippen molar-refractivity contribution in [2.75, 3.05) is 27.3 Å². The number of hydrogen-bond acceptors (Lipinski definition) is 3. The van der Waals surface area contributed by atoms with E-state index in [1.807, 2.05) is 11.9 Å². The molecular weight excluding hydrogens is 245 g/mol. The Morgan fingerprint density at radius 3 is 2.88 bits per heavy atom. The normalized spacial score (nSPS) is 13.1. The maximum Gasteiger partial charge on any atom is 0.142 e. The van der Waals surface area contributed by atoms with E-state index in [2.05, 4.69) is 0 Å². The molecule has 0 aliphatic rings. The van der Waals surface area contributed by atoms with E-state index in [0.717, 1.165) is 0 Å². The Morgan fingerprint density at radius 1 is 1.53 bits per heavy atom. The molecule has 1 unspecified atom stereocenters. The van der Waals surface area contributed by atoms with Crippen LogP contribution in [0.1, 0.15) is 5.56 Å². The molecule has 17 heavy (non-hydrogen) atoms. The van der Waals surface area contributed by atoms with E-state index >= 15 is 0 Å². The molecule has 0 heterocycles. The van der Waals surface area contributed by atoms with Gasteiger partial charge < -0.3 is 9.84 Å². The van der Waals surface area contributed by atoms with Crippen molar-refractivity contribution in [3.8, 4) is 0 Å². The number of rotatable bonds is 6. The summed E-state index contributed by atoms with van der Waals surface area (Å²) < 4.78 is 18.0. The summed E-state index contributed by atoms with van der Waals surface area (Å²) in [7, 11) is 3.37. The lowest BCUT2D eigenvalue weighted by Gasteiger charge is -2.20. The Balaban J connectivity index is 2.56. The molecule has 0 aromatic heterocycles. The van der Waals surface area contributed by atoms with Crippen molar-refractivity contribution in [1.82, 2.24) is 4.90 Å². The molecule has 0 saturated carbocycles. The monoisotopic (exact) mass is 261 g/mol. The number of hydrogen-bond donors (Lipinski definition) is 1. The summed E-state index contributed by atoms with van der Waals surface area (Å²) in [6.07, 6.45) is -0.558. The molecule has 0 fully saturated rings. The Morgan fingerprint density at radius 2 is 2.24 bits per heavy atom. The number of methoxy groups -OCH3 is 1. The summed E-state index contributed by atoms with van der Waals surface area (Å²) in [6.45, 7) is 1.21. The maximum atomic E-state index is 13.2. The van der Waals surface area contributed by atoms with Gasteiger partial charge in [0.15, 0.2) is 0 Å². The van der Waals surface area contributed by atoms with Crippen LogP contribution in [-0.2, 0) is 11.3 Å². The van der Waals surface area contributed by atoms with Crippen molar-refractivity contribution < 1.29 is 14.2 Å². The van der Waals surface area contributed by atoms with Crippen molar-refractivity contribution in [3.05, 3.63) is 34.6 Å². The second-order valence-corrected chi connectivity index (χ2v) is 4.40. The van der Waals surface area contributed by atoms with Gasteiger partial charge in [-0.2, -0.15) is 0 Å². The first kappa shape index (κ1) is 14.4. The van der Waals surface area contributed by atoms with Gasteiger partial charge in [-0.1, -0.05) is 23.7 Å². The van der Waals surface area contributed by atoms with Crippen molar-refractivity contribution in [2.24, 2.45) is 0 Å². The Bertz CT molecular complexity index is 362. The molecule has 1 aromatic rings. The average molecular weight is 262 g/mol. The highest BCUT2D eigenvalue weighted by atomic mass is 35.5. The van der Waals surface area contributed by atoms with Gasteiger partial charge in [-0.3, -0.25) is 4.90 Å². The molecular formula is C12H17ClFNO2. The fourth-order valence-electron chi connectivity index (χ4n) is 1.63. The molecule has 0 aliphatic heterocycles. The number of halogens is 2. The van der Waals surface area contributed by atoms with E-state index in [4.69, 9.17) is 16.3 Å². The van der Waals surface area contributed by atoms with Crippen LogP contribution in [0.2, 0.25) is 5.02 Å². The first-order valence-corrected chi connectivity index (χ1v) is 5.70. The molecule has 3 nitrogen and oxygen atoms in total. The van der Waals surface area contributed by atoms with Gasteiger partial charge in [-0.05, 0) is 18.7 Å². The van der Waals surface area contributed by atoms with Gasteiger partial charge in [0.2, 0.25) is 0 Å². The van der Waals surface area contributed by atoms with E-state index in [0.29, 0.717) is 18.7 Å². The van der Waals surface area contributed by atoms with Crippen molar-refractivity contribution in [3.63, 3.8) is 0 Å². The molecule has 0 amide bonds. The van der Waals surface area contributed by atoms with Crippen LogP contribution in [0.4, 0.5) is 4.39 Å². The Labute approximate surface area is 106 Å². The van der Waals surface area contributed by atoms with Gasteiger partial charge in [0.1, 0.15) is 5.82 Å². The molecule has 1 N–H and O–H groups in total. The number of aliphatic hydroxyl groups excluding tert-OH is 1. The van der Waals surface area contributed by atoms with Gasteiger partial charge in [0, 0.05) is 20.2 Å². The molecule has 5 heteroatoms. The smallest absolute Gasteiger partial charge is 0.142 e. The van der Waals surface area contributed by atoms with Crippen LogP contribution in [0.3, 0.4) is 0 Å². The Hall–Kier alpha value is -0.680. The van der Waals surface area contributed by atoms with Crippen LogP contribution in [0.15, 0.2) is 18.2 Å². The Kier molecular flexibility index (Phi) is 5.85. The van der Waals surface area contributed by atoms with Crippen molar-refractivity contribution in [1.29, 1.82) is 0 Å².